The quantitative estimate of drug-likeness (QED) is 0.631. The van der Waals surface area contributed by atoms with Crippen molar-refractivity contribution in [1.82, 2.24) is 14.9 Å². The summed E-state index contributed by atoms with van der Waals surface area (Å²) in [4.78, 5) is 18.8. The van der Waals surface area contributed by atoms with Gasteiger partial charge in [-0.15, -0.1) is 12.4 Å². The molecular formula is C22H21Cl2N5O. The van der Waals surface area contributed by atoms with E-state index in [1.165, 1.54) is 0 Å². The first-order chi connectivity index (χ1) is 14.1. The van der Waals surface area contributed by atoms with E-state index in [1.54, 1.807) is 23.4 Å². The van der Waals surface area contributed by atoms with Crippen LogP contribution in [0.2, 0.25) is 5.02 Å². The van der Waals surface area contributed by atoms with Crippen LogP contribution in [0.4, 0.5) is 5.69 Å². The smallest absolute Gasteiger partial charge is 0.244 e. The lowest BCUT2D eigenvalue weighted by Gasteiger charge is -2.17. The van der Waals surface area contributed by atoms with Gasteiger partial charge in [0.1, 0.15) is 0 Å². The van der Waals surface area contributed by atoms with Gasteiger partial charge in [-0.25, -0.2) is 4.98 Å². The molecule has 4 rings (SSSR count). The Labute approximate surface area is 186 Å². The fourth-order valence-electron chi connectivity index (χ4n) is 3.49. The van der Waals surface area contributed by atoms with Gasteiger partial charge >= 0.3 is 0 Å². The third-order valence-corrected chi connectivity index (χ3v) is 5.36. The molecular weight excluding hydrogens is 421 g/mol. The first-order valence-electron chi connectivity index (χ1n) is 9.42. The SMILES string of the molecule is Cl.N#Cc1ccc(Cn2cncc2CN[C@@H]2CCN(c3ccc(Cl)cc3)C2=O)cc1. The van der Waals surface area contributed by atoms with Crippen LogP contribution in [0.3, 0.4) is 0 Å². The minimum atomic E-state index is -0.219. The molecule has 1 saturated heterocycles. The Morgan fingerprint density at radius 2 is 1.90 bits per heavy atom. The highest BCUT2D eigenvalue weighted by Gasteiger charge is 2.32. The summed E-state index contributed by atoms with van der Waals surface area (Å²) in [6.45, 7) is 1.90. The van der Waals surface area contributed by atoms with Crippen molar-refractivity contribution in [3.63, 3.8) is 0 Å². The van der Waals surface area contributed by atoms with Gasteiger partial charge in [-0.05, 0) is 48.4 Å². The Morgan fingerprint density at radius 1 is 1.17 bits per heavy atom. The highest BCUT2D eigenvalue weighted by Crippen LogP contribution is 2.23. The van der Waals surface area contributed by atoms with E-state index in [9.17, 15) is 4.79 Å². The van der Waals surface area contributed by atoms with Crippen molar-refractivity contribution in [3.8, 4) is 6.07 Å². The van der Waals surface area contributed by atoms with Crippen molar-refractivity contribution in [2.75, 3.05) is 11.4 Å². The maximum atomic E-state index is 12.8. The number of nitriles is 1. The Hall–Kier alpha value is -2.85. The van der Waals surface area contributed by atoms with E-state index in [2.05, 4.69) is 16.4 Å². The predicted octanol–water partition coefficient (Wildman–Crippen LogP) is 3.77. The number of rotatable bonds is 6. The van der Waals surface area contributed by atoms with E-state index >= 15 is 0 Å². The fourth-order valence-corrected chi connectivity index (χ4v) is 3.62. The van der Waals surface area contributed by atoms with Crippen LogP contribution in [0.25, 0.3) is 0 Å². The Kier molecular flexibility index (Phi) is 7.11. The van der Waals surface area contributed by atoms with Crippen molar-refractivity contribution in [2.45, 2.75) is 25.6 Å². The van der Waals surface area contributed by atoms with Crippen LogP contribution in [-0.2, 0) is 17.9 Å². The number of hydrogen-bond donors (Lipinski definition) is 1. The van der Waals surface area contributed by atoms with E-state index < -0.39 is 0 Å². The van der Waals surface area contributed by atoms with Gasteiger partial charge in [-0.3, -0.25) is 4.79 Å². The number of amides is 1. The molecule has 2 aromatic carbocycles. The van der Waals surface area contributed by atoms with Gasteiger partial charge < -0.3 is 14.8 Å². The van der Waals surface area contributed by atoms with E-state index in [0.29, 0.717) is 30.2 Å². The highest BCUT2D eigenvalue weighted by atomic mass is 35.5. The maximum Gasteiger partial charge on any atom is 0.244 e. The average Bonchev–Trinajstić information content (AvgIpc) is 3.34. The molecule has 30 heavy (non-hydrogen) atoms. The number of carbonyl (C=O) groups is 1. The van der Waals surface area contributed by atoms with Gasteiger partial charge in [-0.1, -0.05) is 23.7 Å². The Bertz CT molecular complexity index is 1040. The normalized spacial score (nSPS) is 15.7. The van der Waals surface area contributed by atoms with E-state index in [-0.39, 0.29) is 24.4 Å². The number of benzene rings is 2. The van der Waals surface area contributed by atoms with Crippen molar-refractivity contribution >= 4 is 35.6 Å². The number of nitrogens with zero attached hydrogens (tertiary/aromatic N) is 4. The van der Waals surface area contributed by atoms with Gasteiger partial charge in [0, 0.05) is 36.5 Å². The molecule has 0 aliphatic carbocycles. The molecule has 1 fully saturated rings. The highest BCUT2D eigenvalue weighted by molar-refractivity contribution is 6.30. The van der Waals surface area contributed by atoms with E-state index in [0.717, 1.165) is 23.4 Å². The molecule has 1 atom stereocenters. The zero-order chi connectivity index (χ0) is 20.2. The molecule has 0 spiro atoms. The largest absolute Gasteiger partial charge is 0.329 e. The van der Waals surface area contributed by atoms with E-state index in [1.807, 2.05) is 47.2 Å². The zero-order valence-corrected chi connectivity index (χ0v) is 17.7. The van der Waals surface area contributed by atoms with Crippen LogP contribution in [0.5, 0.6) is 0 Å². The number of halogens is 2. The molecule has 0 unspecified atom stereocenters. The minimum absolute atomic E-state index is 0. The van der Waals surface area contributed by atoms with Crippen molar-refractivity contribution in [1.29, 1.82) is 5.26 Å². The van der Waals surface area contributed by atoms with Crippen molar-refractivity contribution < 1.29 is 4.79 Å². The third kappa shape index (κ3) is 4.82. The van der Waals surface area contributed by atoms with Crippen LogP contribution in [0, 0.1) is 11.3 Å². The Balaban J connectivity index is 0.00000256. The molecule has 154 valence electrons. The number of carbonyl (C=O) groups excluding carboxylic acids is 1. The van der Waals surface area contributed by atoms with Crippen molar-refractivity contribution in [2.24, 2.45) is 0 Å². The molecule has 1 N–H and O–H groups in total. The molecule has 1 aliphatic heterocycles. The average molecular weight is 442 g/mol. The number of hydrogen-bond acceptors (Lipinski definition) is 4. The molecule has 1 aliphatic rings. The first kappa shape index (κ1) is 21.8. The summed E-state index contributed by atoms with van der Waals surface area (Å²) in [5.74, 6) is 0.0745. The maximum absolute atomic E-state index is 12.8. The summed E-state index contributed by atoms with van der Waals surface area (Å²) in [6, 6.07) is 16.8. The molecule has 0 radical (unpaired) electrons. The van der Waals surface area contributed by atoms with Gasteiger partial charge in [0.15, 0.2) is 0 Å². The van der Waals surface area contributed by atoms with Gasteiger partial charge in [0.2, 0.25) is 5.91 Å². The van der Waals surface area contributed by atoms with Gasteiger partial charge in [0.05, 0.1) is 29.7 Å². The minimum Gasteiger partial charge on any atom is -0.329 e. The monoisotopic (exact) mass is 441 g/mol. The molecule has 8 heteroatoms. The topological polar surface area (TPSA) is 74.0 Å². The molecule has 2 heterocycles. The summed E-state index contributed by atoms with van der Waals surface area (Å²) in [5.41, 5.74) is 3.61. The van der Waals surface area contributed by atoms with Gasteiger partial charge in [-0.2, -0.15) is 5.26 Å². The van der Waals surface area contributed by atoms with Crippen LogP contribution in [-0.4, -0.2) is 28.0 Å². The summed E-state index contributed by atoms with van der Waals surface area (Å²) >= 11 is 5.94. The second-order valence-corrected chi connectivity index (χ2v) is 7.45. The van der Waals surface area contributed by atoms with Crippen LogP contribution >= 0.6 is 24.0 Å². The van der Waals surface area contributed by atoms with Crippen LogP contribution in [0.15, 0.2) is 61.1 Å². The summed E-state index contributed by atoms with van der Waals surface area (Å²) in [6.07, 6.45) is 4.35. The lowest BCUT2D eigenvalue weighted by atomic mass is 10.1. The first-order valence-corrected chi connectivity index (χ1v) is 9.80. The molecule has 6 nitrogen and oxygen atoms in total. The number of imidazole rings is 1. The molecule has 3 aromatic rings. The molecule has 1 aromatic heterocycles. The molecule has 0 bridgehead atoms. The molecule has 1 amide bonds. The molecule has 0 saturated carbocycles. The second-order valence-electron chi connectivity index (χ2n) is 7.01. The summed E-state index contributed by atoms with van der Waals surface area (Å²) in [7, 11) is 0. The van der Waals surface area contributed by atoms with Gasteiger partial charge in [0.25, 0.3) is 0 Å². The third-order valence-electron chi connectivity index (χ3n) is 5.11. The van der Waals surface area contributed by atoms with E-state index in [4.69, 9.17) is 16.9 Å². The standard InChI is InChI=1S/C22H20ClN5O.ClH/c23-18-5-7-19(8-6-18)28-10-9-21(22(28)29)26-13-20-12-25-15-27(20)14-17-3-1-16(11-24)2-4-17;/h1-8,12,15,21,26H,9-10,13-14H2;1H/t21-;/m1./s1. The van der Waals surface area contributed by atoms with Crippen LogP contribution < -0.4 is 10.2 Å². The van der Waals surface area contributed by atoms with Crippen LogP contribution in [0.1, 0.15) is 23.2 Å². The number of anilines is 1. The number of aromatic nitrogens is 2. The second kappa shape index (κ2) is 9.77. The predicted molar refractivity (Wildman–Crippen MR) is 119 cm³/mol. The lowest BCUT2D eigenvalue weighted by molar-refractivity contribution is -0.118. The zero-order valence-electron chi connectivity index (χ0n) is 16.2. The fraction of sp³-hybridized carbons (Fsp3) is 0.227. The summed E-state index contributed by atoms with van der Waals surface area (Å²) in [5, 5.41) is 12.9. The number of nitrogens with one attached hydrogen (secondary N) is 1. The summed E-state index contributed by atoms with van der Waals surface area (Å²) < 4.78 is 2.05. The van der Waals surface area contributed by atoms with Crippen molar-refractivity contribution in [3.05, 3.63) is 82.9 Å². The Morgan fingerprint density at radius 3 is 2.60 bits per heavy atom. The lowest BCUT2D eigenvalue weighted by Crippen LogP contribution is -2.38.